The van der Waals surface area contributed by atoms with Gasteiger partial charge in [0.05, 0.1) is 5.92 Å². The van der Waals surface area contributed by atoms with Crippen LogP contribution in [0.2, 0.25) is 0 Å². The van der Waals surface area contributed by atoms with E-state index in [1.165, 1.54) is 0 Å². The number of nitrogens with zero attached hydrogens (tertiary/aromatic N) is 4. The largest absolute Gasteiger partial charge is 0.383 e. The number of aromatic nitrogens is 3. The lowest BCUT2D eigenvalue weighted by Crippen LogP contribution is -2.19. The van der Waals surface area contributed by atoms with E-state index in [1.807, 2.05) is 45.0 Å². The Bertz CT molecular complexity index is 1150. The number of hydrogen-bond acceptors (Lipinski definition) is 6. The second-order valence-electron chi connectivity index (χ2n) is 8.91. The van der Waals surface area contributed by atoms with Gasteiger partial charge in [-0.1, -0.05) is 50.2 Å². The molecule has 2 aromatic heterocycles. The highest BCUT2D eigenvalue weighted by molar-refractivity contribution is 5.94. The SMILES string of the molecule is CCC(C)(C)c1cc(NC(=O)C(C)c2ccc(-c3nn(C(C)C)c(N)c3C#N)cc2)no1. The van der Waals surface area contributed by atoms with E-state index < -0.39 is 5.92 Å². The van der Waals surface area contributed by atoms with E-state index >= 15 is 0 Å². The quantitative estimate of drug-likeness (QED) is 0.539. The predicted molar refractivity (Wildman–Crippen MR) is 124 cm³/mol. The number of rotatable bonds is 7. The molecule has 3 aromatic rings. The molecule has 168 valence electrons. The lowest BCUT2D eigenvalue weighted by atomic mass is 9.87. The number of carbonyl (C=O) groups is 1. The Kier molecular flexibility index (Phi) is 6.40. The number of carbonyl (C=O) groups excluding carboxylic acids is 1. The molecule has 32 heavy (non-hydrogen) atoms. The lowest BCUT2D eigenvalue weighted by molar-refractivity contribution is -0.117. The molecule has 8 nitrogen and oxygen atoms in total. The number of anilines is 2. The van der Waals surface area contributed by atoms with Crippen LogP contribution in [0.4, 0.5) is 11.6 Å². The van der Waals surface area contributed by atoms with Crippen molar-refractivity contribution in [1.29, 1.82) is 5.26 Å². The van der Waals surface area contributed by atoms with Crippen LogP contribution in [0.1, 0.15) is 76.8 Å². The van der Waals surface area contributed by atoms with Crippen molar-refractivity contribution in [3.8, 4) is 17.3 Å². The Labute approximate surface area is 188 Å². The maximum absolute atomic E-state index is 12.8. The van der Waals surface area contributed by atoms with E-state index in [0.29, 0.717) is 22.9 Å². The Balaban J connectivity index is 1.77. The van der Waals surface area contributed by atoms with Crippen molar-refractivity contribution < 1.29 is 9.32 Å². The topological polar surface area (TPSA) is 123 Å². The molecule has 0 radical (unpaired) electrons. The van der Waals surface area contributed by atoms with Crippen molar-refractivity contribution in [1.82, 2.24) is 14.9 Å². The highest BCUT2D eigenvalue weighted by Crippen LogP contribution is 2.31. The first-order chi connectivity index (χ1) is 15.1. The molecule has 1 atom stereocenters. The summed E-state index contributed by atoms with van der Waals surface area (Å²) in [5.41, 5.74) is 8.44. The minimum atomic E-state index is -0.405. The van der Waals surface area contributed by atoms with Crippen LogP contribution in [0, 0.1) is 11.3 Å². The van der Waals surface area contributed by atoms with E-state index in [9.17, 15) is 10.1 Å². The van der Waals surface area contributed by atoms with Crippen LogP contribution in [-0.4, -0.2) is 20.8 Å². The summed E-state index contributed by atoms with van der Waals surface area (Å²) in [7, 11) is 0. The van der Waals surface area contributed by atoms with Crippen LogP contribution in [0.5, 0.6) is 0 Å². The number of nitrogens with one attached hydrogen (secondary N) is 1. The average Bonchev–Trinajstić information content (AvgIpc) is 3.38. The average molecular weight is 435 g/mol. The molecule has 0 spiro atoms. The Morgan fingerprint density at radius 3 is 2.50 bits per heavy atom. The molecule has 0 saturated carbocycles. The molecule has 0 aliphatic heterocycles. The van der Waals surface area contributed by atoms with E-state index in [2.05, 4.69) is 42.4 Å². The lowest BCUT2D eigenvalue weighted by Gasteiger charge is -2.17. The van der Waals surface area contributed by atoms with Gasteiger partial charge >= 0.3 is 0 Å². The van der Waals surface area contributed by atoms with E-state index in [0.717, 1.165) is 23.3 Å². The summed E-state index contributed by atoms with van der Waals surface area (Å²) in [6.45, 7) is 12.0. The zero-order valence-corrected chi connectivity index (χ0v) is 19.4. The molecule has 0 bridgehead atoms. The molecule has 8 heteroatoms. The third-order valence-corrected chi connectivity index (χ3v) is 5.94. The van der Waals surface area contributed by atoms with Gasteiger partial charge in [0.1, 0.15) is 28.9 Å². The van der Waals surface area contributed by atoms with Crippen molar-refractivity contribution in [3.63, 3.8) is 0 Å². The molecule has 0 aliphatic rings. The molecular weight excluding hydrogens is 404 g/mol. The smallest absolute Gasteiger partial charge is 0.232 e. The van der Waals surface area contributed by atoms with Crippen molar-refractivity contribution in [2.75, 3.05) is 11.1 Å². The van der Waals surface area contributed by atoms with Gasteiger partial charge < -0.3 is 15.6 Å². The molecule has 0 saturated heterocycles. The first-order valence-corrected chi connectivity index (χ1v) is 10.8. The fourth-order valence-corrected chi connectivity index (χ4v) is 3.30. The molecule has 3 N–H and O–H groups in total. The second kappa shape index (κ2) is 8.87. The van der Waals surface area contributed by atoms with Gasteiger partial charge in [-0.3, -0.25) is 4.79 Å². The van der Waals surface area contributed by atoms with E-state index in [1.54, 1.807) is 10.7 Å². The summed E-state index contributed by atoms with van der Waals surface area (Å²) in [5, 5.41) is 20.9. The Morgan fingerprint density at radius 1 is 1.28 bits per heavy atom. The monoisotopic (exact) mass is 434 g/mol. The number of hydrogen-bond donors (Lipinski definition) is 2. The van der Waals surface area contributed by atoms with Gasteiger partial charge in [0, 0.05) is 23.1 Å². The fraction of sp³-hybridized carbons (Fsp3) is 0.417. The molecule has 0 aliphatic carbocycles. The highest BCUT2D eigenvalue weighted by atomic mass is 16.5. The summed E-state index contributed by atoms with van der Waals surface area (Å²) in [6.07, 6.45) is 0.896. The van der Waals surface area contributed by atoms with E-state index in [4.69, 9.17) is 10.3 Å². The molecule has 1 aromatic carbocycles. The van der Waals surface area contributed by atoms with Crippen LogP contribution in [0.25, 0.3) is 11.3 Å². The van der Waals surface area contributed by atoms with Crippen LogP contribution in [0.3, 0.4) is 0 Å². The standard InChI is InChI=1S/C24H30N6O2/c1-7-24(5,6)19-12-20(29-32-19)27-23(31)15(4)16-8-10-17(11-9-16)21-18(13-25)22(26)30(28-21)14(2)3/h8-12,14-15H,7,26H2,1-6H3,(H,27,29,31). The fourth-order valence-electron chi connectivity index (χ4n) is 3.30. The predicted octanol–water partition coefficient (Wildman–Crippen LogP) is 5.00. The molecular formula is C24H30N6O2. The molecule has 0 fully saturated rings. The number of nitrogens with two attached hydrogens (primary N) is 1. The summed E-state index contributed by atoms with van der Waals surface area (Å²) >= 11 is 0. The van der Waals surface area contributed by atoms with Crippen molar-refractivity contribution in [3.05, 3.63) is 47.2 Å². The zero-order valence-electron chi connectivity index (χ0n) is 19.4. The summed E-state index contributed by atoms with van der Waals surface area (Å²) in [5.74, 6) is 0.909. The maximum Gasteiger partial charge on any atom is 0.232 e. The van der Waals surface area contributed by atoms with Gasteiger partial charge in [0.15, 0.2) is 5.82 Å². The molecule has 1 amide bonds. The summed E-state index contributed by atoms with van der Waals surface area (Å²) < 4.78 is 7.05. The van der Waals surface area contributed by atoms with Gasteiger partial charge in [-0.15, -0.1) is 0 Å². The minimum Gasteiger partial charge on any atom is -0.383 e. The molecule has 2 heterocycles. The van der Waals surface area contributed by atoms with Crippen LogP contribution >= 0.6 is 0 Å². The van der Waals surface area contributed by atoms with Crippen molar-refractivity contribution in [2.24, 2.45) is 0 Å². The number of benzene rings is 1. The van der Waals surface area contributed by atoms with Gasteiger partial charge in [0.25, 0.3) is 0 Å². The summed E-state index contributed by atoms with van der Waals surface area (Å²) in [4.78, 5) is 12.8. The van der Waals surface area contributed by atoms with Crippen LogP contribution in [-0.2, 0) is 10.2 Å². The summed E-state index contributed by atoms with van der Waals surface area (Å²) in [6, 6.07) is 11.4. The number of nitrogen functional groups attached to an aromatic ring is 1. The zero-order chi connectivity index (χ0) is 23.6. The van der Waals surface area contributed by atoms with Gasteiger partial charge in [0.2, 0.25) is 5.91 Å². The maximum atomic E-state index is 12.8. The Morgan fingerprint density at radius 2 is 1.94 bits per heavy atom. The van der Waals surface area contributed by atoms with Crippen molar-refractivity contribution >= 4 is 17.5 Å². The molecule has 1 unspecified atom stereocenters. The number of nitriles is 1. The first-order valence-electron chi connectivity index (χ1n) is 10.8. The van der Waals surface area contributed by atoms with Gasteiger partial charge in [-0.2, -0.15) is 10.4 Å². The second-order valence-corrected chi connectivity index (χ2v) is 8.91. The minimum absolute atomic E-state index is 0.0405. The number of amides is 1. The van der Waals surface area contributed by atoms with E-state index in [-0.39, 0.29) is 17.4 Å². The molecule has 3 rings (SSSR count). The first kappa shape index (κ1) is 23.1. The van der Waals surface area contributed by atoms with Crippen LogP contribution in [0.15, 0.2) is 34.9 Å². The normalized spacial score (nSPS) is 12.6. The third kappa shape index (κ3) is 4.37. The van der Waals surface area contributed by atoms with Crippen LogP contribution < -0.4 is 11.1 Å². The Hall–Kier alpha value is -3.60. The third-order valence-electron chi connectivity index (χ3n) is 5.94. The van der Waals surface area contributed by atoms with Crippen molar-refractivity contribution in [2.45, 2.75) is 65.3 Å². The van der Waals surface area contributed by atoms with Gasteiger partial charge in [-0.05, 0) is 32.8 Å². The van der Waals surface area contributed by atoms with Gasteiger partial charge in [-0.25, -0.2) is 4.68 Å². The highest BCUT2D eigenvalue weighted by Gasteiger charge is 2.25.